The lowest BCUT2D eigenvalue weighted by Gasteiger charge is -2.09. The second-order valence-electron chi connectivity index (χ2n) is 6.25. The van der Waals surface area contributed by atoms with Crippen LogP contribution in [0.15, 0.2) is 48.5 Å². The van der Waals surface area contributed by atoms with E-state index >= 15 is 0 Å². The van der Waals surface area contributed by atoms with Crippen molar-refractivity contribution in [2.75, 3.05) is 17.2 Å². The second-order valence-corrected chi connectivity index (χ2v) is 7.28. The van der Waals surface area contributed by atoms with Gasteiger partial charge < -0.3 is 10.6 Å². The van der Waals surface area contributed by atoms with E-state index in [1.54, 1.807) is 18.2 Å². The Morgan fingerprint density at radius 1 is 1.08 bits per heavy atom. The molecule has 7 heteroatoms. The number of rotatable bonds is 5. The monoisotopic (exact) mass is 368 g/mol. The largest absolute Gasteiger partial charge is 0.338 e. The van der Waals surface area contributed by atoms with Crippen LogP contribution in [0.4, 0.5) is 15.6 Å². The van der Waals surface area contributed by atoms with Crippen molar-refractivity contribution < 1.29 is 9.59 Å². The van der Waals surface area contributed by atoms with Crippen molar-refractivity contribution in [3.05, 3.63) is 54.1 Å². The molecule has 0 atom stereocenters. The minimum absolute atomic E-state index is 0.198. The van der Waals surface area contributed by atoms with Gasteiger partial charge in [-0.25, -0.2) is 9.78 Å². The molecule has 6 nitrogen and oxygen atoms in total. The summed E-state index contributed by atoms with van der Waals surface area (Å²) >= 11 is 1.39. The van der Waals surface area contributed by atoms with Gasteiger partial charge in [0.25, 0.3) is 5.91 Å². The zero-order valence-electron chi connectivity index (χ0n) is 14.6. The first-order chi connectivity index (χ1) is 12.5. The fourth-order valence-corrected chi connectivity index (χ4v) is 3.13. The molecule has 1 aromatic heterocycles. The molecule has 0 bridgehead atoms. The zero-order valence-corrected chi connectivity index (χ0v) is 15.4. The number of carbonyl (C=O) groups excluding carboxylic acids is 2. The van der Waals surface area contributed by atoms with E-state index in [1.165, 1.54) is 11.3 Å². The first-order valence-electron chi connectivity index (χ1n) is 8.33. The molecule has 3 aromatic rings. The van der Waals surface area contributed by atoms with Gasteiger partial charge in [0.1, 0.15) is 0 Å². The van der Waals surface area contributed by atoms with Gasteiger partial charge in [-0.15, -0.1) is 0 Å². The number of thiazole rings is 1. The van der Waals surface area contributed by atoms with Crippen LogP contribution in [-0.4, -0.2) is 23.5 Å². The van der Waals surface area contributed by atoms with Gasteiger partial charge in [-0.05, 0) is 36.2 Å². The van der Waals surface area contributed by atoms with E-state index in [9.17, 15) is 9.59 Å². The highest BCUT2D eigenvalue weighted by atomic mass is 32.1. The van der Waals surface area contributed by atoms with E-state index in [1.807, 2.05) is 44.2 Å². The Morgan fingerprint density at radius 3 is 2.58 bits per heavy atom. The molecule has 26 heavy (non-hydrogen) atoms. The maximum Gasteiger partial charge on any atom is 0.319 e. The number of benzene rings is 2. The summed E-state index contributed by atoms with van der Waals surface area (Å²) in [4.78, 5) is 28.5. The average molecular weight is 368 g/mol. The van der Waals surface area contributed by atoms with Crippen molar-refractivity contribution in [3.8, 4) is 0 Å². The summed E-state index contributed by atoms with van der Waals surface area (Å²) in [5, 5.41) is 8.93. The number of carbonyl (C=O) groups is 2. The summed E-state index contributed by atoms with van der Waals surface area (Å²) in [7, 11) is 0. The van der Waals surface area contributed by atoms with E-state index in [2.05, 4.69) is 20.9 Å². The number of aromatic nitrogens is 1. The molecule has 0 radical (unpaired) electrons. The molecule has 0 saturated carbocycles. The third-order valence-electron chi connectivity index (χ3n) is 3.57. The topological polar surface area (TPSA) is 83.1 Å². The maximum absolute atomic E-state index is 12.2. The number of nitrogens with one attached hydrogen (secondary N) is 3. The summed E-state index contributed by atoms with van der Waals surface area (Å²) in [6.07, 6.45) is 0. The molecule has 0 fully saturated rings. The summed E-state index contributed by atoms with van der Waals surface area (Å²) < 4.78 is 0.932. The lowest BCUT2D eigenvalue weighted by atomic mass is 10.2. The Balaban J connectivity index is 1.69. The molecular formula is C19H20N4O2S. The molecule has 3 amide bonds. The molecule has 2 aromatic carbocycles. The molecule has 0 saturated heterocycles. The molecule has 3 rings (SSSR count). The third kappa shape index (κ3) is 4.58. The standard InChI is InChI=1S/C19H20N4O2S/c1-12(2)11-20-18(25)21-14-8-9-16-15(10-14)22-19(26-16)23-17(24)13-6-4-3-5-7-13/h3-10,12H,11H2,1-2H3,(H2,20,21,25)(H,22,23,24). The molecule has 3 N–H and O–H groups in total. The quantitative estimate of drug-likeness (QED) is 0.627. The number of hydrogen-bond donors (Lipinski definition) is 3. The molecule has 0 aliphatic carbocycles. The molecular weight excluding hydrogens is 348 g/mol. The van der Waals surface area contributed by atoms with Crippen LogP contribution >= 0.6 is 11.3 Å². The lowest BCUT2D eigenvalue weighted by molar-refractivity contribution is 0.102. The van der Waals surface area contributed by atoms with Crippen LogP contribution in [-0.2, 0) is 0 Å². The van der Waals surface area contributed by atoms with E-state index in [4.69, 9.17) is 0 Å². The number of hydrogen-bond acceptors (Lipinski definition) is 4. The van der Waals surface area contributed by atoms with E-state index in [0.29, 0.717) is 28.8 Å². The van der Waals surface area contributed by atoms with Gasteiger partial charge in [0, 0.05) is 17.8 Å². The summed E-state index contributed by atoms with van der Waals surface area (Å²) in [6, 6.07) is 14.2. The summed E-state index contributed by atoms with van der Waals surface area (Å²) in [5.41, 5.74) is 1.96. The highest BCUT2D eigenvalue weighted by Crippen LogP contribution is 2.28. The normalized spacial score (nSPS) is 10.7. The minimum Gasteiger partial charge on any atom is -0.338 e. The summed E-state index contributed by atoms with van der Waals surface area (Å²) in [6.45, 7) is 4.68. The van der Waals surface area contributed by atoms with Gasteiger partial charge in [-0.2, -0.15) is 0 Å². The van der Waals surface area contributed by atoms with Gasteiger partial charge >= 0.3 is 6.03 Å². The van der Waals surface area contributed by atoms with Crippen LogP contribution in [0, 0.1) is 5.92 Å². The van der Waals surface area contributed by atoms with Gasteiger partial charge in [0.15, 0.2) is 5.13 Å². The zero-order chi connectivity index (χ0) is 18.5. The van der Waals surface area contributed by atoms with Crippen LogP contribution < -0.4 is 16.0 Å². The molecule has 0 spiro atoms. The first-order valence-corrected chi connectivity index (χ1v) is 9.15. The molecule has 0 unspecified atom stereocenters. The minimum atomic E-state index is -0.245. The Kier molecular flexibility index (Phi) is 5.48. The van der Waals surface area contributed by atoms with Crippen LogP contribution in [0.5, 0.6) is 0 Å². The highest BCUT2D eigenvalue weighted by Gasteiger charge is 2.10. The predicted molar refractivity (Wildman–Crippen MR) is 106 cm³/mol. The van der Waals surface area contributed by atoms with Crippen molar-refractivity contribution in [3.63, 3.8) is 0 Å². The Labute approximate surface area is 155 Å². The Hall–Kier alpha value is -2.93. The molecule has 1 heterocycles. The lowest BCUT2D eigenvalue weighted by Crippen LogP contribution is -2.31. The fraction of sp³-hybridized carbons (Fsp3) is 0.211. The van der Waals surface area contributed by atoms with Crippen LogP contribution in [0.3, 0.4) is 0 Å². The molecule has 134 valence electrons. The first kappa shape index (κ1) is 17.9. The fourth-order valence-electron chi connectivity index (χ4n) is 2.29. The second kappa shape index (κ2) is 7.97. The van der Waals surface area contributed by atoms with E-state index in [-0.39, 0.29) is 11.9 Å². The number of amides is 3. The molecule has 0 aliphatic heterocycles. The van der Waals surface area contributed by atoms with Crippen molar-refractivity contribution >= 4 is 44.3 Å². The molecule has 0 aliphatic rings. The van der Waals surface area contributed by atoms with E-state index < -0.39 is 0 Å². The Bertz CT molecular complexity index is 922. The average Bonchev–Trinajstić information content (AvgIpc) is 3.02. The number of anilines is 2. The van der Waals surface area contributed by atoms with Crippen LogP contribution in [0.25, 0.3) is 10.2 Å². The van der Waals surface area contributed by atoms with Crippen molar-refractivity contribution in [1.82, 2.24) is 10.3 Å². The SMILES string of the molecule is CC(C)CNC(=O)Nc1ccc2sc(NC(=O)c3ccccc3)nc2c1. The van der Waals surface area contributed by atoms with Crippen molar-refractivity contribution in [1.29, 1.82) is 0 Å². The predicted octanol–water partition coefficient (Wildman–Crippen LogP) is 4.33. The van der Waals surface area contributed by atoms with Crippen LogP contribution in [0.2, 0.25) is 0 Å². The third-order valence-corrected chi connectivity index (χ3v) is 4.52. The van der Waals surface area contributed by atoms with Gasteiger partial charge in [0.05, 0.1) is 10.2 Å². The number of nitrogens with zero attached hydrogens (tertiary/aromatic N) is 1. The van der Waals surface area contributed by atoms with Crippen molar-refractivity contribution in [2.24, 2.45) is 5.92 Å². The smallest absolute Gasteiger partial charge is 0.319 e. The van der Waals surface area contributed by atoms with E-state index in [0.717, 1.165) is 10.2 Å². The van der Waals surface area contributed by atoms with Gasteiger partial charge in [-0.3, -0.25) is 10.1 Å². The number of urea groups is 1. The van der Waals surface area contributed by atoms with Crippen molar-refractivity contribution in [2.45, 2.75) is 13.8 Å². The van der Waals surface area contributed by atoms with Gasteiger partial charge in [0.2, 0.25) is 0 Å². The van der Waals surface area contributed by atoms with Crippen LogP contribution in [0.1, 0.15) is 24.2 Å². The van der Waals surface area contributed by atoms with Gasteiger partial charge in [-0.1, -0.05) is 43.4 Å². The Morgan fingerprint density at radius 2 is 1.85 bits per heavy atom. The number of fused-ring (bicyclic) bond motifs is 1. The highest BCUT2D eigenvalue weighted by molar-refractivity contribution is 7.22. The summed E-state index contributed by atoms with van der Waals surface area (Å²) in [5.74, 6) is 0.189. The maximum atomic E-state index is 12.2.